The summed E-state index contributed by atoms with van der Waals surface area (Å²) in [6, 6.07) is 11.8. The van der Waals surface area contributed by atoms with E-state index in [0.717, 1.165) is 12.1 Å². The molecule has 0 spiro atoms. The molecule has 21 heavy (non-hydrogen) atoms. The zero-order valence-electron chi connectivity index (χ0n) is 10.6. The maximum absolute atomic E-state index is 12.0. The predicted molar refractivity (Wildman–Crippen MR) is 77.7 cm³/mol. The van der Waals surface area contributed by atoms with Crippen molar-refractivity contribution in [3.8, 4) is 0 Å². The molecule has 0 atom stereocenters. The summed E-state index contributed by atoms with van der Waals surface area (Å²) in [6.07, 6.45) is 0. The van der Waals surface area contributed by atoms with Gasteiger partial charge < -0.3 is 5.32 Å². The van der Waals surface area contributed by atoms with Crippen LogP contribution in [0.2, 0.25) is 0 Å². The van der Waals surface area contributed by atoms with Crippen molar-refractivity contribution < 1.29 is 14.5 Å². The highest BCUT2D eigenvalue weighted by Crippen LogP contribution is 2.22. The molecule has 6 nitrogen and oxygen atoms in total. The van der Waals surface area contributed by atoms with Gasteiger partial charge in [0.15, 0.2) is 0 Å². The van der Waals surface area contributed by atoms with Gasteiger partial charge in [0, 0.05) is 28.9 Å². The van der Waals surface area contributed by atoms with E-state index in [2.05, 4.69) is 5.32 Å². The number of nitro benzene ring substituents is 1. The first kappa shape index (κ1) is 14.7. The van der Waals surface area contributed by atoms with Crippen molar-refractivity contribution in [3.63, 3.8) is 0 Å². The quantitative estimate of drug-likeness (QED) is 0.533. The van der Waals surface area contributed by atoms with Gasteiger partial charge in [-0.15, -0.1) is 0 Å². The molecule has 0 heterocycles. The average molecular weight is 305 g/mol. The third-order valence-electron chi connectivity index (χ3n) is 2.65. The van der Waals surface area contributed by atoms with Crippen molar-refractivity contribution in [1.29, 1.82) is 0 Å². The van der Waals surface area contributed by atoms with E-state index >= 15 is 0 Å². The highest BCUT2D eigenvalue weighted by atomic mass is 35.5. The van der Waals surface area contributed by atoms with Crippen LogP contribution < -0.4 is 5.32 Å². The number of benzene rings is 2. The number of rotatable bonds is 4. The summed E-state index contributed by atoms with van der Waals surface area (Å²) in [7, 11) is 0. The normalized spacial score (nSPS) is 9.95. The number of nitrogens with one attached hydrogen (secondary N) is 1. The smallest absolute Gasteiger partial charge is 0.272 e. The molecule has 0 aromatic heterocycles. The van der Waals surface area contributed by atoms with Gasteiger partial charge in [-0.3, -0.25) is 19.7 Å². The standard InChI is InChI=1S/C14H9ClN2O4/c15-13(18)10-6-11(8-12(7-10)17(20)21)16-14(19)9-4-2-1-3-5-9/h1-8H,(H,16,19). The van der Waals surface area contributed by atoms with E-state index in [4.69, 9.17) is 11.6 Å². The van der Waals surface area contributed by atoms with E-state index in [0.29, 0.717) is 5.56 Å². The SMILES string of the molecule is O=C(Cl)c1cc(NC(=O)c2ccccc2)cc([N+](=O)[O-])c1. The Hall–Kier alpha value is -2.73. The fourth-order valence-corrected chi connectivity index (χ4v) is 1.80. The van der Waals surface area contributed by atoms with Crippen LogP contribution in [0.1, 0.15) is 20.7 Å². The maximum atomic E-state index is 12.0. The molecule has 0 saturated heterocycles. The van der Waals surface area contributed by atoms with Gasteiger partial charge in [0.2, 0.25) is 0 Å². The highest BCUT2D eigenvalue weighted by Gasteiger charge is 2.15. The number of halogens is 1. The highest BCUT2D eigenvalue weighted by molar-refractivity contribution is 6.67. The summed E-state index contributed by atoms with van der Waals surface area (Å²) in [5, 5.41) is 12.5. The molecular formula is C14H9ClN2O4. The molecule has 0 radical (unpaired) electrons. The molecule has 0 saturated carbocycles. The zero-order valence-corrected chi connectivity index (χ0v) is 11.3. The Labute approximate surface area is 124 Å². The minimum atomic E-state index is -0.839. The summed E-state index contributed by atoms with van der Waals surface area (Å²) in [6.45, 7) is 0. The second-order valence-corrected chi connectivity index (χ2v) is 4.46. The summed E-state index contributed by atoms with van der Waals surface area (Å²) in [5.41, 5.74) is 0.129. The van der Waals surface area contributed by atoms with Crippen molar-refractivity contribution >= 4 is 34.1 Å². The second kappa shape index (κ2) is 6.15. The molecule has 0 aliphatic heterocycles. The number of nitrogens with zero attached hydrogens (tertiary/aromatic N) is 1. The van der Waals surface area contributed by atoms with Gasteiger partial charge in [-0.05, 0) is 29.8 Å². The van der Waals surface area contributed by atoms with Crippen LogP contribution in [0.15, 0.2) is 48.5 Å². The summed E-state index contributed by atoms with van der Waals surface area (Å²) >= 11 is 5.33. The van der Waals surface area contributed by atoms with Crippen LogP contribution in [0.4, 0.5) is 11.4 Å². The van der Waals surface area contributed by atoms with E-state index in [9.17, 15) is 19.7 Å². The first-order valence-corrected chi connectivity index (χ1v) is 6.21. The fraction of sp³-hybridized carbons (Fsp3) is 0. The van der Waals surface area contributed by atoms with E-state index < -0.39 is 16.1 Å². The van der Waals surface area contributed by atoms with Crippen molar-refractivity contribution in [2.45, 2.75) is 0 Å². The van der Waals surface area contributed by atoms with Crippen molar-refractivity contribution in [2.75, 3.05) is 5.32 Å². The molecule has 1 N–H and O–H groups in total. The molecule has 0 bridgehead atoms. The molecule has 0 aliphatic rings. The summed E-state index contributed by atoms with van der Waals surface area (Å²) < 4.78 is 0. The first-order chi connectivity index (χ1) is 9.97. The molecule has 2 aromatic carbocycles. The molecule has 2 aromatic rings. The number of carbonyl (C=O) groups is 2. The van der Waals surface area contributed by atoms with Crippen LogP contribution in [0.5, 0.6) is 0 Å². The molecule has 0 aliphatic carbocycles. The lowest BCUT2D eigenvalue weighted by atomic mass is 10.1. The Kier molecular flexibility index (Phi) is 4.30. The average Bonchev–Trinajstić information content (AvgIpc) is 2.47. The number of non-ortho nitro benzene ring substituents is 1. The van der Waals surface area contributed by atoms with Crippen molar-refractivity contribution in [3.05, 3.63) is 69.8 Å². The summed E-state index contributed by atoms with van der Waals surface area (Å²) in [5.74, 6) is -0.441. The van der Waals surface area contributed by atoms with Gasteiger partial charge in [-0.1, -0.05) is 18.2 Å². The lowest BCUT2D eigenvalue weighted by Gasteiger charge is -2.06. The van der Waals surface area contributed by atoms with E-state index in [1.807, 2.05) is 0 Å². The number of hydrogen-bond donors (Lipinski definition) is 1. The Bertz CT molecular complexity index is 684. The monoisotopic (exact) mass is 304 g/mol. The Morgan fingerprint density at radius 3 is 2.29 bits per heavy atom. The zero-order chi connectivity index (χ0) is 15.4. The second-order valence-electron chi connectivity index (χ2n) is 4.12. The van der Waals surface area contributed by atoms with E-state index in [-0.39, 0.29) is 16.9 Å². The largest absolute Gasteiger partial charge is 0.322 e. The number of amides is 1. The minimum Gasteiger partial charge on any atom is -0.322 e. The number of hydrogen-bond acceptors (Lipinski definition) is 4. The van der Waals surface area contributed by atoms with Crippen LogP contribution in [0, 0.1) is 10.1 Å². The molecule has 0 fully saturated rings. The van der Waals surface area contributed by atoms with E-state index in [1.165, 1.54) is 6.07 Å². The van der Waals surface area contributed by atoms with Crippen molar-refractivity contribution in [1.82, 2.24) is 0 Å². The Balaban J connectivity index is 2.33. The summed E-state index contributed by atoms with van der Waals surface area (Å²) in [4.78, 5) is 33.3. The molecule has 1 amide bonds. The lowest BCUT2D eigenvalue weighted by Crippen LogP contribution is -2.12. The van der Waals surface area contributed by atoms with Crippen LogP contribution in [-0.2, 0) is 0 Å². The molecule has 0 unspecified atom stereocenters. The first-order valence-electron chi connectivity index (χ1n) is 5.83. The van der Waals surface area contributed by atoms with Gasteiger partial charge >= 0.3 is 0 Å². The van der Waals surface area contributed by atoms with Crippen molar-refractivity contribution in [2.24, 2.45) is 0 Å². The fourth-order valence-electron chi connectivity index (χ4n) is 1.70. The Morgan fingerprint density at radius 1 is 1.05 bits per heavy atom. The van der Waals surface area contributed by atoms with E-state index in [1.54, 1.807) is 30.3 Å². The molecule has 2 rings (SSSR count). The number of nitro groups is 1. The topological polar surface area (TPSA) is 89.3 Å². The predicted octanol–water partition coefficient (Wildman–Crippen LogP) is 3.23. The van der Waals surface area contributed by atoms with Gasteiger partial charge in [0.05, 0.1) is 4.92 Å². The van der Waals surface area contributed by atoms with Crippen LogP contribution in [-0.4, -0.2) is 16.1 Å². The van der Waals surface area contributed by atoms with Gasteiger partial charge in [0.1, 0.15) is 0 Å². The van der Waals surface area contributed by atoms with Crippen LogP contribution in [0.3, 0.4) is 0 Å². The molecule has 7 heteroatoms. The van der Waals surface area contributed by atoms with Gasteiger partial charge in [0.25, 0.3) is 16.8 Å². The molecular weight excluding hydrogens is 296 g/mol. The molecule has 106 valence electrons. The minimum absolute atomic E-state index is 0.0609. The number of carbonyl (C=O) groups excluding carboxylic acids is 2. The Morgan fingerprint density at radius 2 is 1.71 bits per heavy atom. The lowest BCUT2D eigenvalue weighted by molar-refractivity contribution is -0.384. The van der Waals surface area contributed by atoms with Crippen LogP contribution in [0.25, 0.3) is 0 Å². The van der Waals surface area contributed by atoms with Gasteiger partial charge in [-0.25, -0.2) is 0 Å². The number of anilines is 1. The maximum Gasteiger partial charge on any atom is 0.272 e. The van der Waals surface area contributed by atoms with Crippen LogP contribution >= 0.6 is 11.6 Å². The van der Waals surface area contributed by atoms with Gasteiger partial charge in [-0.2, -0.15) is 0 Å². The third-order valence-corrected chi connectivity index (χ3v) is 2.87. The third kappa shape index (κ3) is 3.64.